The Morgan fingerprint density at radius 2 is 1.70 bits per heavy atom. The van der Waals surface area contributed by atoms with Gasteiger partial charge in [-0.25, -0.2) is 18.0 Å². The van der Waals surface area contributed by atoms with Crippen LogP contribution in [-0.4, -0.2) is 50.8 Å². The van der Waals surface area contributed by atoms with Crippen molar-refractivity contribution in [1.29, 1.82) is 0 Å². The fourth-order valence-electron chi connectivity index (χ4n) is 2.14. The minimum atomic E-state index is -3.76. The highest BCUT2D eigenvalue weighted by Crippen LogP contribution is 2.12. The Labute approximate surface area is 159 Å². The molecule has 0 bridgehead atoms. The molecule has 0 saturated heterocycles. The van der Waals surface area contributed by atoms with Crippen LogP contribution < -0.4 is 5.32 Å². The number of benzene rings is 1. The lowest BCUT2D eigenvalue weighted by Gasteiger charge is -2.22. The molecule has 0 aromatic heterocycles. The van der Waals surface area contributed by atoms with E-state index in [2.05, 4.69) is 10.1 Å². The third-order valence-electron chi connectivity index (χ3n) is 3.34. The lowest BCUT2D eigenvalue weighted by molar-refractivity contribution is -0.143. The summed E-state index contributed by atoms with van der Waals surface area (Å²) in [6.45, 7) is 4.99. The van der Waals surface area contributed by atoms with Gasteiger partial charge < -0.3 is 14.8 Å². The second-order valence-electron chi connectivity index (χ2n) is 6.87. The molecule has 0 aliphatic carbocycles. The second kappa shape index (κ2) is 9.50. The normalized spacial score (nSPS) is 12.7. The first-order valence-electron chi connectivity index (χ1n) is 8.31. The molecule has 8 nitrogen and oxygen atoms in total. The quantitative estimate of drug-likeness (QED) is 0.663. The van der Waals surface area contributed by atoms with Crippen molar-refractivity contribution in [2.45, 2.75) is 50.2 Å². The van der Waals surface area contributed by atoms with Crippen LogP contribution >= 0.6 is 0 Å². The van der Waals surface area contributed by atoms with Crippen molar-refractivity contribution >= 4 is 27.7 Å². The standard InChI is InChI=1S/C18H25NO7S/c1-18(2,3)26-17(22)19-15(16(21)25-4)11-10-13(20)12-27(23,24)14-8-6-5-7-9-14/h5-9,15H,10-12H2,1-4H3,(H,19,22)/t15-/m0/s1. The number of sulfone groups is 1. The minimum absolute atomic E-state index is 0.0507. The molecule has 1 amide bonds. The molecule has 9 heteroatoms. The molecular weight excluding hydrogens is 374 g/mol. The van der Waals surface area contributed by atoms with Gasteiger partial charge in [0.25, 0.3) is 0 Å². The van der Waals surface area contributed by atoms with Gasteiger partial charge in [-0.2, -0.15) is 0 Å². The van der Waals surface area contributed by atoms with Crippen LogP contribution in [-0.2, 0) is 28.9 Å². The molecule has 1 rings (SSSR count). The summed E-state index contributed by atoms with van der Waals surface area (Å²) in [5.74, 6) is -2.00. The zero-order valence-electron chi connectivity index (χ0n) is 15.9. The largest absolute Gasteiger partial charge is 0.467 e. The second-order valence-corrected chi connectivity index (χ2v) is 8.86. The number of ether oxygens (including phenoxy) is 2. The number of hydrogen-bond acceptors (Lipinski definition) is 7. The maximum Gasteiger partial charge on any atom is 0.408 e. The summed E-state index contributed by atoms with van der Waals surface area (Å²) in [5.41, 5.74) is -0.760. The number of carbonyl (C=O) groups excluding carboxylic acids is 3. The molecule has 27 heavy (non-hydrogen) atoms. The smallest absolute Gasteiger partial charge is 0.408 e. The first kappa shape index (κ1) is 22.6. The van der Waals surface area contributed by atoms with E-state index in [4.69, 9.17) is 4.74 Å². The van der Waals surface area contributed by atoms with Gasteiger partial charge in [-0.3, -0.25) is 4.79 Å². The van der Waals surface area contributed by atoms with Crippen molar-refractivity contribution in [2.24, 2.45) is 0 Å². The fourth-order valence-corrected chi connectivity index (χ4v) is 3.45. The molecule has 150 valence electrons. The third-order valence-corrected chi connectivity index (χ3v) is 5.03. The highest BCUT2D eigenvalue weighted by atomic mass is 32.2. The Morgan fingerprint density at radius 3 is 2.22 bits per heavy atom. The molecule has 0 fully saturated rings. The van der Waals surface area contributed by atoms with Gasteiger partial charge in [-0.1, -0.05) is 18.2 Å². The molecule has 0 spiro atoms. The summed E-state index contributed by atoms with van der Waals surface area (Å²) in [5, 5.41) is 2.34. The number of nitrogens with one attached hydrogen (secondary N) is 1. The summed E-state index contributed by atoms with van der Waals surface area (Å²) >= 11 is 0. The van der Waals surface area contributed by atoms with E-state index in [0.717, 1.165) is 7.11 Å². The molecule has 0 aliphatic rings. The predicted molar refractivity (Wildman–Crippen MR) is 97.9 cm³/mol. The van der Waals surface area contributed by atoms with E-state index in [1.807, 2.05) is 0 Å². The van der Waals surface area contributed by atoms with Gasteiger partial charge in [0, 0.05) is 6.42 Å². The third kappa shape index (κ3) is 8.21. The fraction of sp³-hybridized carbons (Fsp3) is 0.500. The number of rotatable bonds is 8. The molecule has 0 saturated carbocycles. The average molecular weight is 399 g/mol. The average Bonchev–Trinajstić information content (AvgIpc) is 2.56. The van der Waals surface area contributed by atoms with Crippen molar-refractivity contribution in [2.75, 3.05) is 12.9 Å². The summed E-state index contributed by atoms with van der Waals surface area (Å²) < 4.78 is 34.1. The number of hydrogen-bond donors (Lipinski definition) is 1. The zero-order valence-corrected chi connectivity index (χ0v) is 16.7. The van der Waals surface area contributed by atoms with Gasteiger partial charge in [0.2, 0.25) is 0 Å². The number of Topliss-reactive ketones (excluding diaryl/α,β-unsaturated/α-hetero) is 1. The van der Waals surface area contributed by atoms with E-state index in [0.29, 0.717) is 0 Å². The summed E-state index contributed by atoms with van der Waals surface area (Å²) in [7, 11) is -2.61. The van der Waals surface area contributed by atoms with Crippen LogP contribution in [0, 0.1) is 0 Å². The monoisotopic (exact) mass is 399 g/mol. The summed E-state index contributed by atoms with van der Waals surface area (Å²) in [6.07, 6.45) is -1.15. The first-order chi connectivity index (χ1) is 12.4. The zero-order chi connectivity index (χ0) is 20.7. The first-order valence-corrected chi connectivity index (χ1v) is 9.96. The molecule has 0 radical (unpaired) electrons. The van der Waals surface area contributed by atoms with Crippen LogP contribution in [0.4, 0.5) is 4.79 Å². The van der Waals surface area contributed by atoms with Gasteiger partial charge in [-0.05, 0) is 39.3 Å². The minimum Gasteiger partial charge on any atom is -0.467 e. The predicted octanol–water partition coefficient (Wildman–Crippen LogP) is 1.88. The lowest BCUT2D eigenvalue weighted by atomic mass is 10.1. The Hall–Kier alpha value is -2.42. The van der Waals surface area contributed by atoms with Crippen molar-refractivity contribution < 1.29 is 32.3 Å². The summed E-state index contributed by atoms with van der Waals surface area (Å²) in [6, 6.07) is 6.50. The SMILES string of the molecule is COC(=O)[C@H](CCC(=O)CS(=O)(=O)c1ccccc1)NC(=O)OC(C)(C)C. The number of amides is 1. The molecule has 1 N–H and O–H groups in total. The van der Waals surface area contributed by atoms with Gasteiger partial charge in [0.05, 0.1) is 12.0 Å². The Morgan fingerprint density at radius 1 is 1.11 bits per heavy atom. The van der Waals surface area contributed by atoms with E-state index in [1.165, 1.54) is 12.1 Å². The maximum absolute atomic E-state index is 12.2. The van der Waals surface area contributed by atoms with E-state index < -0.39 is 45.1 Å². The molecular formula is C18H25NO7S. The number of alkyl carbamates (subject to hydrolysis) is 1. The van der Waals surface area contributed by atoms with Crippen molar-refractivity contribution in [3.63, 3.8) is 0 Å². The molecule has 0 heterocycles. The molecule has 1 aromatic carbocycles. The Bertz CT molecular complexity index is 767. The van der Waals surface area contributed by atoms with E-state index in [1.54, 1.807) is 39.0 Å². The van der Waals surface area contributed by atoms with Crippen LogP contribution in [0.5, 0.6) is 0 Å². The van der Waals surface area contributed by atoms with Crippen LogP contribution in [0.2, 0.25) is 0 Å². The van der Waals surface area contributed by atoms with E-state index >= 15 is 0 Å². The highest BCUT2D eigenvalue weighted by molar-refractivity contribution is 7.92. The van der Waals surface area contributed by atoms with Crippen molar-refractivity contribution in [3.8, 4) is 0 Å². The van der Waals surface area contributed by atoms with Gasteiger partial charge >= 0.3 is 12.1 Å². The van der Waals surface area contributed by atoms with Crippen molar-refractivity contribution in [1.82, 2.24) is 5.32 Å². The van der Waals surface area contributed by atoms with Crippen LogP contribution in [0.3, 0.4) is 0 Å². The number of methoxy groups -OCH3 is 1. The van der Waals surface area contributed by atoms with Crippen LogP contribution in [0.1, 0.15) is 33.6 Å². The van der Waals surface area contributed by atoms with Gasteiger partial charge in [0.1, 0.15) is 23.2 Å². The molecule has 0 unspecified atom stereocenters. The van der Waals surface area contributed by atoms with E-state index in [-0.39, 0.29) is 17.7 Å². The van der Waals surface area contributed by atoms with Crippen LogP contribution in [0.25, 0.3) is 0 Å². The van der Waals surface area contributed by atoms with Gasteiger partial charge in [-0.15, -0.1) is 0 Å². The lowest BCUT2D eigenvalue weighted by Crippen LogP contribution is -2.44. The van der Waals surface area contributed by atoms with Crippen molar-refractivity contribution in [3.05, 3.63) is 30.3 Å². The number of carbonyl (C=O) groups is 3. The van der Waals surface area contributed by atoms with E-state index in [9.17, 15) is 22.8 Å². The Kier molecular flexibility index (Phi) is 7.96. The highest BCUT2D eigenvalue weighted by Gasteiger charge is 2.27. The van der Waals surface area contributed by atoms with Gasteiger partial charge in [0.15, 0.2) is 9.84 Å². The number of ketones is 1. The van der Waals surface area contributed by atoms with Crippen LogP contribution in [0.15, 0.2) is 35.2 Å². The number of esters is 1. The molecule has 1 aromatic rings. The molecule has 0 aliphatic heterocycles. The summed E-state index contributed by atoms with van der Waals surface area (Å²) in [4.78, 5) is 35.8. The molecule has 1 atom stereocenters. The topological polar surface area (TPSA) is 116 Å². The maximum atomic E-state index is 12.2. The Balaban J connectivity index is 2.68.